The molecule has 0 unspecified atom stereocenters. The van der Waals surface area contributed by atoms with Gasteiger partial charge in [-0.25, -0.2) is 4.39 Å². The first kappa shape index (κ1) is 21.7. The third kappa shape index (κ3) is 3.93. The van der Waals surface area contributed by atoms with Crippen molar-refractivity contribution in [3.8, 4) is 11.5 Å². The second-order valence-corrected chi connectivity index (χ2v) is 9.31. The van der Waals surface area contributed by atoms with Gasteiger partial charge >= 0.3 is 0 Å². The number of benzene rings is 2. The number of nitrogens with zero attached hydrogens (tertiary/aromatic N) is 2. The van der Waals surface area contributed by atoms with E-state index in [1.165, 1.54) is 12.1 Å². The van der Waals surface area contributed by atoms with Crippen molar-refractivity contribution < 1.29 is 23.5 Å². The van der Waals surface area contributed by atoms with Crippen LogP contribution >= 0.6 is 0 Å². The molecule has 2 aromatic carbocycles. The van der Waals surface area contributed by atoms with Gasteiger partial charge in [-0.1, -0.05) is 26.0 Å². The lowest BCUT2D eigenvalue weighted by atomic mass is 9.94. The van der Waals surface area contributed by atoms with Gasteiger partial charge in [-0.05, 0) is 41.8 Å². The van der Waals surface area contributed by atoms with Crippen molar-refractivity contribution in [3.63, 3.8) is 0 Å². The zero-order chi connectivity index (χ0) is 23.2. The minimum Gasteiger partial charge on any atom is -0.454 e. The molecule has 33 heavy (non-hydrogen) atoms. The molecule has 3 aliphatic rings. The third-order valence-corrected chi connectivity index (χ3v) is 6.89. The van der Waals surface area contributed by atoms with Gasteiger partial charge in [-0.15, -0.1) is 0 Å². The summed E-state index contributed by atoms with van der Waals surface area (Å²) in [5.74, 6) is 1.08. The maximum absolute atomic E-state index is 13.4. The smallest absolute Gasteiger partial charge is 0.253 e. The van der Waals surface area contributed by atoms with Crippen LogP contribution in [-0.4, -0.2) is 53.2 Å². The minimum atomic E-state index is -0.522. The van der Waals surface area contributed by atoms with Crippen molar-refractivity contribution in [1.29, 1.82) is 0 Å². The number of fused-ring (bicyclic) bond motifs is 1. The van der Waals surface area contributed by atoms with Crippen LogP contribution in [0.3, 0.4) is 0 Å². The van der Waals surface area contributed by atoms with Crippen LogP contribution in [0.5, 0.6) is 11.5 Å². The van der Waals surface area contributed by atoms with E-state index in [0.717, 1.165) is 5.56 Å². The molecule has 2 saturated heterocycles. The lowest BCUT2D eigenvalue weighted by Gasteiger charge is -2.44. The molecule has 7 nitrogen and oxygen atoms in total. The van der Waals surface area contributed by atoms with E-state index in [0.29, 0.717) is 49.5 Å². The second-order valence-electron chi connectivity index (χ2n) is 9.31. The predicted octanol–water partition coefficient (Wildman–Crippen LogP) is 3.14. The number of piperidine rings is 1. The fraction of sp³-hybridized carbons (Fsp3) is 0.440. The highest BCUT2D eigenvalue weighted by atomic mass is 19.1. The fourth-order valence-corrected chi connectivity index (χ4v) is 4.97. The van der Waals surface area contributed by atoms with Crippen molar-refractivity contribution >= 4 is 11.8 Å². The first-order chi connectivity index (χ1) is 15.9. The molecule has 1 spiro atoms. The molecule has 2 aromatic rings. The number of hydrogen-bond donors (Lipinski definition) is 1. The second kappa shape index (κ2) is 8.33. The Balaban J connectivity index is 1.33. The summed E-state index contributed by atoms with van der Waals surface area (Å²) >= 11 is 0. The van der Waals surface area contributed by atoms with Gasteiger partial charge in [0.25, 0.3) is 5.91 Å². The van der Waals surface area contributed by atoms with Gasteiger partial charge in [0.15, 0.2) is 11.5 Å². The molecule has 0 saturated carbocycles. The average Bonchev–Trinajstić information content (AvgIpc) is 3.39. The summed E-state index contributed by atoms with van der Waals surface area (Å²) in [6.45, 7) is 5.69. The maximum Gasteiger partial charge on any atom is 0.253 e. The highest BCUT2D eigenvalue weighted by Crippen LogP contribution is 2.37. The van der Waals surface area contributed by atoms with Crippen LogP contribution < -0.4 is 14.8 Å². The molecule has 1 atom stereocenters. The number of likely N-dealkylation sites (tertiary alicyclic amines) is 1. The topological polar surface area (TPSA) is 71.1 Å². The number of carbonyl (C=O) groups is 2. The zero-order valence-electron chi connectivity index (χ0n) is 18.8. The standard InChI is InChI=1S/C25H28FN3O4/c1-16(2)22-24(31)29(14-17-3-6-19(26)7-4-17)25(27-22)9-11-28(12-10-25)23(30)18-5-8-20-21(13-18)33-15-32-20/h3-8,13,16,22,27H,9-12,14-15H2,1-2H3/t22-/m0/s1. The van der Waals surface area contributed by atoms with E-state index in [1.54, 1.807) is 30.3 Å². The van der Waals surface area contributed by atoms with E-state index in [2.05, 4.69) is 5.32 Å². The summed E-state index contributed by atoms with van der Waals surface area (Å²) in [6, 6.07) is 11.2. The summed E-state index contributed by atoms with van der Waals surface area (Å²) in [7, 11) is 0. The normalized spacial score (nSPS) is 21.3. The largest absolute Gasteiger partial charge is 0.454 e. The average molecular weight is 454 g/mol. The van der Waals surface area contributed by atoms with E-state index < -0.39 is 5.66 Å². The van der Waals surface area contributed by atoms with Crippen molar-refractivity contribution in [2.45, 2.75) is 44.9 Å². The van der Waals surface area contributed by atoms with Crippen LogP contribution in [0, 0.1) is 11.7 Å². The van der Waals surface area contributed by atoms with E-state index >= 15 is 0 Å². The number of nitrogens with one attached hydrogen (secondary N) is 1. The monoisotopic (exact) mass is 453 g/mol. The summed E-state index contributed by atoms with van der Waals surface area (Å²) in [5, 5.41) is 3.60. The molecular weight excluding hydrogens is 425 g/mol. The molecule has 2 amide bonds. The van der Waals surface area contributed by atoms with E-state index in [-0.39, 0.29) is 36.4 Å². The van der Waals surface area contributed by atoms with E-state index in [1.807, 2.05) is 23.6 Å². The maximum atomic E-state index is 13.4. The van der Waals surface area contributed by atoms with Crippen molar-refractivity contribution in [2.75, 3.05) is 19.9 Å². The Labute approximate surface area is 192 Å². The van der Waals surface area contributed by atoms with E-state index in [4.69, 9.17) is 9.47 Å². The molecule has 0 radical (unpaired) electrons. The Kier molecular flexibility index (Phi) is 5.48. The molecule has 1 N–H and O–H groups in total. The summed E-state index contributed by atoms with van der Waals surface area (Å²) in [5.41, 5.74) is 0.926. The Morgan fingerprint density at radius 2 is 1.82 bits per heavy atom. The lowest BCUT2D eigenvalue weighted by Crippen LogP contribution is -2.59. The molecule has 3 heterocycles. The summed E-state index contributed by atoms with van der Waals surface area (Å²) < 4.78 is 24.1. The number of amides is 2. The highest BCUT2D eigenvalue weighted by Gasteiger charge is 2.52. The van der Waals surface area contributed by atoms with Crippen molar-refractivity contribution in [1.82, 2.24) is 15.1 Å². The quantitative estimate of drug-likeness (QED) is 0.770. The van der Waals surface area contributed by atoms with Gasteiger partial charge in [0.1, 0.15) is 5.82 Å². The fourth-order valence-electron chi connectivity index (χ4n) is 4.97. The first-order valence-corrected chi connectivity index (χ1v) is 11.4. The molecule has 0 aromatic heterocycles. The first-order valence-electron chi connectivity index (χ1n) is 11.4. The van der Waals surface area contributed by atoms with Gasteiger partial charge in [-0.2, -0.15) is 0 Å². The van der Waals surface area contributed by atoms with Gasteiger partial charge in [0.2, 0.25) is 12.7 Å². The summed E-state index contributed by atoms with van der Waals surface area (Å²) in [6.07, 6.45) is 1.25. The van der Waals surface area contributed by atoms with E-state index in [9.17, 15) is 14.0 Å². The van der Waals surface area contributed by atoms with Crippen LogP contribution in [0.4, 0.5) is 4.39 Å². The minimum absolute atomic E-state index is 0.0574. The Hall–Kier alpha value is -3.13. The van der Waals surface area contributed by atoms with Crippen LogP contribution in [0.25, 0.3) is 0 Å². The predicted molar refractivity (Wildman–Crippen MR) is 119 cm³/mol. The van der Waals surface area contributed by atoms with Crippen LogP contribution in [-0.2, 0) is 11.3 Å². The van der Waals surface area contributed by atoms with Gasteiger partial charge in [0.05, 0.1) is 11.7 Å². The zero-order valence-corrected chi connectivity index (χ0v) is 18.8. The number of halogens is 1. The van der Waals surface area contributed by atoms with Crippen molar-refractivity contribution in [2.24, 2.45) is 5.92 Å². The van der Waals surface area contributed by atoms with Gasteiger partial charge < -0.3 is 19.3 Å². The number of hydrogen-bond acceptors (Lipinski definition) is 5. The molecular formula is C25H28FN3O4. The highest BCUT2D eigenvalue weighted by molar-refractivity contribution is 5.95. The van der Waals surface area contributed by atoms with Crippen LogP contribution in [0.15, 0.2) is 42.5 Å². The van der Waals surface area contributed by atoms with Gasteiger partial charge in [-0.3, -0.25) is 14.9 Å². The Bertz CT molecular complexity index is 1060. The van der Waals surface area contributed by atoms with Crippen LogP contribution in [0.2, 0.25) is 0 Å². The third-order valence-electron chi connectivity index (χ3n) is 6.89. The summed E-state index contributed by atoms with van der Waals surface area (Å²) in [4.78, 5) is 30.2. The molecule has 2 fully saturated rings. The number of ether oxygens (including phenoxy) is 2. The molecule has 3 aliphatic heterocycles. The number of rotatable bonds is 4. The molecule has 8 heteroatoms. The number of carbonyl (C=O) groups excluding carboxylic acids is 2. The molecule has 0 bridgehead atoms. The molecule has 0 aliphatic carbocycles. The molecule has 5 rings (SSSR count). The lowest BCUT2D eigenvalue weighted by molar-refractivity contribution is -0.134. The Morgan fingerprint density at radius 1 is 1.12 bits per heavy atom. The Morgan fingerprint density at radius 3 is 2.52 bits per heavy atom. The SMILES string of the molecule is CC(C)[C@@H]1NC2(CCN(C(=O)c3ccc4c(c3)OCO4)CC2)N(Cc2ccc(F)cc2)C1=O. The van der Waals surface area contributed by atoms with Gasteiger partial charge in [0, 0.05) is 38.0 Å². The van der Waals surface area contributed by atoms with Crippen LogP contribution in [0.1, 0.15) is 42.6 Å². The van der Waals surface area contributed by atoms with Crippen molar-refractivity contribution in [3.05, 3.63) is 59.4 Å². The molecule has 174 valence electrons.